The third-order valence-corrected chi connectivity index (χ3v) is 6.95. The standard InChI is InChI=1S/C23H27N3O6S/c1-6-24-18(27)17-13(2)16-19(28)26(23(3,4)21(29)30)22(31)25(20(16)33-17)12-11-14-9-7-8-10-15(14)32-5/h7-10H,6,11-12H2,1-5H3,(H,24,27)(H,29,30). The van der Waals surface area contributed by atoms with Gasteiger partial charge >= 0.3 is 11.7 Å². The Balaban J connectivity index is 2.31. The van der Waals surface area contributed by atoms with Crippen LogP contribution in [-0.2, 0) is 23.3 Å². The van der Waals surface area contributed by atoms with Gasteiger partial charge in [-0.2, -0.15) is 0 Å². The number of fused-ring (bicyclic) bond motifs is 1. The molecule has 3 rings (SSSR count). The maximum atomic E-state index is 13.5. The third kappa shape index (κ3) is 4.18. The number of carbonyl (C=O) groups excluding carboxylic acids is 1. The number of nitrogens with zero attached hydrogens (tertiary/aromatic N) is 2. The molecule has 33 heavy (non-hydrogen) atoms. The van der Waals surface area contributed by atoms with Gasteiger partial charge < -0.3 is 15.2 Å². The number of para-hydroxylation sites is 1. The summed E-state index contributed by atoms with van der Waals surface area (Å²) in [7, 11) is 1.56. The van der Waals surface area contributed by atoms with Crippen molar-refractivity contribution in [2.45, 2.75) is 46.2 Å². The summed E-state index contributed by atoms with van der Waals surface area (Å²) in [6.45, 7) is 6.61. The number of amides is 1. The van der Waals surface area contributed by atoms with Crippen LogP contribution < -0.4 is 21.3 Å². The molecule has 1 amide bonds. The summed E-state index contributed by atoms with van der Waals surface area (Å²) in [5.74, 6) is -0.996. The van der Waals surface area contributed by atoms with E-state index in [9.17, 15) is 24.3 Å². The van der Waals surface area contributed by atoms with Crippen molar-refractivity contribution in [2.24, 2.45) is 0 Å². The molecular weight excluding hydrogens is 446 g/mol. The van der Waals surface area contributed by atoms with E-state index >= 15 is 0 Å². The highest BCUT2D eigenvalue weighted by Gasteiger charge is 2.35. The molecule has 10 heteroatoms. The fraction of sp³-hybridized carbons (Fsp3) is 0.391. The van der Waals surface area contributed by atoms with Gasteiger partial charge in [0.05, 0.1) is 17.4 Å². The minimum atomic E-state index is -1.78. The van der Waals surface area contributed by atoms with Crippen molar-refractivity contribution in [2.75, 3.05) is 13.7 Å². The van der Waals surface area contributed by atoms with Crippen molar-refractivity contribution in [3.05, 3.63) is 61.1 Å². The second kappa shape index (κ2) is 9.22. The molecule has 0 fully saturated rings. The number of aliphatic carboxylic acids is 1. The molecule has 3 aromatic rings. The van der Waals surface area contributed by atoms with Gasteiger partial charge in [0.15, 0.2) is 0 Å². The van der Waals surface area contributed by atoms with Crippen LogP contribution in [0.1, 0.15) is 41.6 Å². The minimum Gasteiger partial charge on any atom is -0.496 e. The van der Waals surface area contributed by atoms with Crippen LogP contribution in [0.2, 0.25) is 0 Å². The molecule has 176 valence electrons. The molecule has 0 saturated carbocycles. The van der Waals surface area contributed by atoms with Gasteiger partial charge in [-0.15, -0.1) is 11.3 Å². The lowest BCUT2D eigenvalue weighted by Crippen LogP contribution is -2.52. The number of aromatic nitrogens is 2. The summed E-state index contributed by atoms with van der Waals surface area (Å²) in [6, 6.07) is 7.37. The number of aryl methyl sites for hydroxylation is 3. The first-order chi connectivity index (χ1) is 15.6. The number of carboxylic acids is 1. The number of hydrogen-bond acceptors (Lipinski definition) is 6. The Kier molecular flexibility index (Phi) is 6.78. The molecule has 0 aliphatic rings. The molecule has 0 atom stereocenters. The van der Waals surface area contributed by atoms with Crippen LogP contribution in [0, 0.1) is 6.92 Å². The normalized spacial score (nSPS) is 11.5. The van der Waals surface area contributed by atoms with Crippen molar-refractivity contribution in [3.8, 4) is 5.75 Å². The van der Waals surface area contributed by atoms with Gasteiger partial charge in [-0.1, -0.05) is 18.2 Å². The van der Waals surface area contributed by atoms with E-state index in [1.54, 1.807) is 21.0 Å². The van der Waals surface area contributed by atoms with Crippen molar-refractivity contribution < 1.29 is 19.4 Å². The Labute approximate surface area is 194 Å². The van der Waals surface area contributed by atoms with E-state index < -0.39 is 22.8 Å². The predicted molar refractivity (Wildman–Crippen MR) is 127 cm³/mol. The first-order valence-electron chi connectivity index (χ1n) is 10.5. The quantitative estimate of drug-likeness (QED) is 0.518. The maximum Gasteiger partial charge on any atom is 0.333 e. The summed E-state index contributed by atoms with van der Waals surface area (Å²) >= 11 is 1.06. The molecule has 9 nitrogen and oxygen atoms in total. The SMILES string of the molecule is CCNC(=O)c1sc2c(c1C)c(=O)n(C(C)(C)C(=O)O)c(=O)n2CCc1ccccc1OC. The second-order valence-electron chi connectivity index (χ2n) is 8.10. The number of carbonyl (C=O) groups is 2. The van der Waals surface area contributed by atoms with Gasteiger partial charge in [-0.3, -0.25) is 14.2 Å². The molecular formula is C23H27N3O6S. The Morgan fingerprint density at radius 2 is 1.88 bits per heavy atom. The van der Waals surface area contributed by atoms with Crippen molar-refractivity contribution in [1.29, 1.82) is 0 Å². The first kappa shape index (κ1) is 24.2. The van der Waals surface area contributed by atoms with E-state index in [4.69, 9.17) is 4.74 Å². The van der Waals surface area contributed by atoms with Gasteiger partial charge in [0, 0.05) is 13.1 Å². The van der Waals surface area contributed by atoms with Gasteiger partial charge in [0.1, 0.15) is 16.1 Å². The molecule has 0 unspecified atom stereocenters. The number of hydrogen-bond donors (Lipinski definition) is 2. The summed E-state index contributed by atoms with van der Waals surface area (Å²) in [5.41, 5.74) is -1.97. The van der Waals surface area contributed by atoms with Crippen LogP contribution in [0.25, 0.3) is 10.2 Å². The highest BCUT2D eigenvalue weighted by Crippen LogP contribution is 2.29. The molecule has 1 aromatic carbocycles. The lowest BCUT2D eigenvalue weighted by atomic mass is 10.1. The van der Waals surface area contributed by atoms with Gasteiger partial charge in [-0.05, 0) is 51.3 Å². The molecule has 2 aromatic heterocycles. The van der Waals surface area contributed by atoms with Crippen LogP contribution in [-0.4, -0.2) is 39.8 Å². The number of carboxylic acid groups (broad SMARTS) is 1. The van der Waals surface area contributed by atoms with E-state index in [1.807, 2.05) is 24.3 Å². The van der Waals surface area contributed by atoms with Crippen LogP contribution in [0.4, 0.5) is 0 Å². The minimum absolute atomic E-state index is 0.167. The van der Waals surface area contributed by atoms with Crippen LogP contribution >= 0.6 is 11.3 Å². The molecule has 0 spiro atoms. The highest BCUT2D eigenvalue weighted by atomic mass is 32.1. The summed E-state index contributed by atoms with van der Waals surface area (Å²) in [4.78, 5) is 52.1. The first-order valence-corrected chi connectivity index (χ1v) is 11.3. The average molecular weight is 474 g/mol. The highest BCUT2D eigenvalue weighted by molar-refractivity contribution is 7.20. The molecule has 0 aliphatic carbocycles. The lowest BCUT2D eigenvalue weighted by molar-refractivity contribution is -0.146. The van der Waals surface area contributed by atoms with E-state index in [0.717, 1.165) is 21.5 Å². The average Bonchev–Trinajstić information content (AvgIpc) is 3.11. The molecule has 2 heterocycles. The smallest absolute Gasteiger partial charge is 0.333 e. The van der Waals surface area contributed by atoms with Crippen molar-refractivity contribution in [1.82, 2.24) is 14.5 Å². The molecule has 0 radical (unpaired) electrons. The number of benzene rings is 1. The number of nitrogens with one attached hydrogen (secondary N) is 1. The Hall–Kier alpha value is -3.40. The zero-order valence-electron chi connectivity index (χ0n) is 19.2. The monoisotopic (exact) mass is 473 g/mol. The fourth-order valence-electron chi connectivity index (χ4n) is 3.73. The topological polar surface area (TPSA) is 120 Å². The Bertz CT molecular complexity index is 1350. The van der Waals surface area contributed by atoms with E-state index in [1.165, 1.54) is 18.4 Å². The number of methoxy groups -OCH3 is 1. The van der Waals surface area contributed by atoms with E-state index in [2.05, 4.69) is 5.32 Å². The largest absolute Gasteiger partial charge is 0.496 e. The maximum absolute atomic E-state index is 13.5. The lowest BCUT2D eigenvalue weighted by Gasteiger charge is -2.23. The summed E-state index contributed by atoms with van der Waals surface area (Å²) in [5, 5.41) is 12.6. The van der Waals surface area contributed by atoms with Crippen LogP contribution in [0.15, 0.2) is 33.9 Å². The molecule has 0 aliphatic heterocycles. The zero-order chi connectivity index (χ0) is 24.5. The number of rotatable bonds is 8. The second-order valence-corrected chi connectivity index (χ2v) is 9.10. The van der Waals surface area contributed by atoms with E-state index in [-0.39, 0.29) is 17.8 Å². The molecule has 2 N–H and O–H groups in total. The Morgan fingerprint density at radius 1 is 1.21 bits per heavy atom. The zero-order valence-corrected chi connectivity index (χ0v) is 20.0. The molecule has 0 saturated heterocycles. The van der Waals surface area contributed by atoms with Crippen molar-refractivity contribution in [3.63, 3.8) is 0 Å². The Morgan fingerprint density at radius 3 is 2.48 bits per heavy atom. The number of ether oxygens (including phenoxy) is 1. The van der Waals surface area contributed by atoms with Crippen molar-refractivity contribution >= 4 is 33.4 Å². The third-order valence-electron chi connectivity index (χ3n) is 5.64. The summed E-state index contributed by atoms with van der Waals surface area (Å²) in [6.07, 6.45) is 0.401. The van der Waals surface area contributed by atoms with Gasteiger partial charge in [0.25, 0.3) is 11.5 Å². The van der Waals surface area contributed by atoms with Gasteiger partial charge in [0.2, 0.25) is 0 Å². The van der Waals surface area contributed by atoms with Crippen LogP contribution in [0.3, 0.4) is 0 Å². The summed E-state index contributed by atoms with van der Waals surface area (Å²) < 4.78 is 7.54. The van der Waals surface area contributed by atoms with Gasteiger partial charge in [-0.25, -0.2) is 14.2 Å². The van der Waals surface area contributed by atoms with E-state index in [0.29, 0.717) is 34.0 Å². The number of thiophene rings is 1. The molecule has 0 bridgehead atoms. The predicted octanol–water partition coefficient (Wildman–Crippen LogP) is 2.35. The van der Waals surface area contributed by atoms with Crippen LogP contribution in [0.5, 0.6) is 5.75 Å². The fourth-order valence-corrected chi connectivity index (χ4v) is 4.97.